The Morgan fingerprint density at radius 1 is 0.960 bits per heavy atom. The van der Waals surface area contributed by atoms with Gasteiger partial charge in [0, 0.05) is 17.2 Å². The highest BCUT2D eigenvalue weighted by molar-refractivity contribution is 6.30. The molecule has 2 N–H and O–H groups in total. The number of aromatic nitrogens is 1. The van der Waals surface area contributed by atoms with E-state index < -0.39 is 11.6 Å². The second-order valence-corrected chi connectivity index (χ2v) is 6.63. The van der Waals surface area contributed by atoms with Crippen LogP contribution >= 0.6 is 0 Å². The molecule has 1 heterocycles. The number of carbonyl (C=O) groups is 2. The minimum atomic E-state index is -0.467. The summed E-state index contributed by atoms with van der Waals surface area (Å²) in [4.78, 5) is 25.7. The van der Waals surface area contributed by atoms with Crippen LogP contribution in [0.5, 0.6) is 17.5 Å². The summed E-state index contributed by atoms with van der Waals surface area (Å²) in [7, 11) is 1.48. The number of methoxy groups -OCH3 is 1. The van der Waals surface area contributed by atoms with Gasteiger partial charge in [-0.2, -0.15) is 0 Å². The van der Waals surface area contributed by atoms with Gasteiger partial charge in [0.2, 0.25) is 11.8 Å². The number of ether oxygens (including phenoxy) is 1. The lowest BCUT2D eigenvalue weighted by Gasteiger charge is -2.24. The molecule has 1 saturated carbocycles. The second kappa shape index (κ2) is 5.65. The quantitative estimate of drug-likeness (QED) is 0.747. The summed E-state index contributed by atoms with van der Waals surface area (Å²) in [5.74, 6) is -1.08. The number of rotatable bonds is 2. The Balaban J connectivity index is 1.90. The third-order valence-corrected chi connectivity index (χ3v) is 5.26. The van der Waals surface area contributed by atoms with Crippen molar-refractivity contribution in [2.45, 2.75) is 38.1 Å². The molecule has 0 unspecified atom stereocenters. The summed E-state index contributed by atoms with van der Waals surface area (Å²) in [6, 6.07) is 4.51. The topological polar surface area (TPSA) is 88.8 Å². The van der Waals surface area contributed by atoms with E-state index in [2.05, 4.69) is 0 Å². The second-order valence-electron chi connectivity index (χ2n) is 6.63. The molecule has 0 bridgehead atoms. The zero-order valence-corrected chi connectivity index (χ0v) is 13.9. The molecule has 6 nitrogen and oxygen atoms in total. The largest absolute Gasteiger partial charge is 0.497 e. The lowest BCUT2D eigenvalue weighted by molar-refractivity contribution is 0.0976. The number of hydrogen-bond donors (Lipinski definition) is 2. The first-order valence-corrected chi connectivity index (χ1v) is 8.48. The van der Waals surface area contributed by atoms with E-state index in [0.717, 1.165) is 32.1 Å². The van der Waals surface area contributed by atoms with Gasteiger partial charge >= 0.3 is 0 Å². The molecule has 0 saturated heterocycles. The van der Waals surface area contributed by atoms with Crippen molar-refractivity contribution in [1.29, 1.82) is 0 Å². The van der Waals surface area contributed by atoms with Crippen LogP contribution in [0.2, 0.25) is 0 Å². The fourth-order valence-corrected chi connectivity index (χ4v) is 3.99. The minimum Gasteiger partial charge on any atom is -0.497 e. The van der Waals surface area contributed by atoms with Crippen LogP contribution in [0, 0.1) is 0 Å². The summed E-state index contributed by atoms with van der Waals surface area (Å²) in [5, 5.41) is 21.3. The molecule has 6 heteroatoms. The van der Waals surface area contributed by atoms with Crippen LogP contribution in [0.4, 0.5) is 0 Å². The molecule has 1 fully saturated rings. The SMILES string of the molecule is COc1ccc2c(c1)C(=O)c1c(c(O)n(C3CCCCC3)c1O)C2=O. The summed E-state index contributed by atoms with van der Waals surface area (Å²) in [6.45, 7) is 0. The fraction of sp³-hybridized carbons (Fsp3) is 0.368. The molecule has 25 heavy (non-hydrogen) atoms. The van der Waals surface area contributed by atoms with Gasteiger partial charge in [-0.25, -0.2) is 0 Å². The van der Waals surface area contributed by atoms with E-state index in [4.69, 9.17) is 4.74 Å². The van der Waals surface area contributed by atoms with E-state index in [-0.39, 0.29) is 40.1 Å². The zero-order chi connectivity index (χ0) is 17.7. The van der Waals surface area contributed by atoms with Gasteiger partial charge in [-0.05, 0) is 31.0 Å². The lowest BCUT2D eigenvalue weighted by Crippen LogP contribution is -2.19. The van der Waals surface area contributed by atoms with Crippen LogP contribution in [-0.4, -0.2) is 33.5 Å². The van der Waals surface area contributed by atoms with Gasteiger partial charge in [-0.15, -0.1) is 0 Å². The summed E-state index contributed by atoms with van der Waals surface area (Å²) in [5.41, 5.74) is 0.210. The molecule has 130 valence electrons. The van der Waals surface area contributed by atoms with Crippen molar-refractivity contribution < 1.29 is 24.5 Å². The van der Waals surface area contributed by atoms with Crippen molar-refractivity contribution >= 4 is 11.6 Å². The number of ketones is 2. The minimum absolute atomic E-state index is 0.0919. The van der Waals surface area contributed by atoms with Crippen LogP contribution in [-0.2, 0) is 0 Å². The molecule has 0 radical (unpaired) electrons. The molecule has 0 aliphatic heterocycles. The van der Waals surface area contributed by atoms with Crippen molar-refractivity contribution in [2.75, 3.05) is 7.11 Å². The molecule has 1 aromatic carbocycles. The first kappa shape index (κ1) is 15.7. The normalized spacial score (nSPS) is 17.3. The molecular weight excluding hydrogens is 322 g/mol. The number of carbonyl (C=O) groups excluding carboxylic acids is 2. The Morgan fingerprint density at radius 3 is 2.16 bits per heavy atom. The third-order valence-electron chi connectivity index (χ3n) is 5.26. The molecule has 1 aromatic heterocycles. The highest BCUT2D eigenvalue weighted by Crippen LogP contribution is 2.45. The van der Waals surface area contributed by atoms with Crippen molar-refractivity contribution in [1.82, 2.24) is 4.57 Å². The molecule has 0 atom stereocenters. The van der Waals surface area contributed by atoms with E-state index in [1.165, 1.54) is 23.8 Å². The van der Waals surface area contributed by atoms with Crippen LogP contribution in [0.1, 0.15) is 70.0 Å². The number of benzene rings is 1. The van der Waals surface area contributed by atoms with Gasteiger partial charge in [0.15, 0.2) is 11.6 Å². The molecule has 2 aliphatic rings. The molecule has 0 spiro atoms. The molecule has 2 aromatic rings. The number of aromatic hydroxyl groups is 2. The van der Waals surface area contributed by atoms with Gasteiger partial charge in [-0.1, -0.05) is 19.3 Å². The predicted octanol–water partition coefficient (Wildman–Crippen LogP) is 3.19. The van der Waals surface area contributed by atoms with Crippen molar-refractivity contribution in [3.05, 3.63) is 40.5 Å². The van der Waals surface area contributed by atoms with Crippen LogP contribution in [0.15, 0.2) is 18.2 Å². The van der Waals surface area contributed by atoms with E-state index in [9.17, 15) is 19.8 Å². The van der Waals surface area contributed by atoms with Crippen molar-refractivity contribution in [3.8, 4) is 17.5 Å². The standard InChI is InChI=1S/C19H19NO5/c1-25-11-7-8-12-13(9-11)17(22)15-14(16(12)21)18(23)20(19(15)24)10-5-3-2-4-6-10/h7-10,23-24H,2-6H2,1H3. The van der Waals surface area contributed by atoms with Gasteiger partial charge < -0.3 is 14.9 Å². The number of nitrogens with zero attached hydrogens (tertiary/aromatic N) is 1. The van der Waals surface area contributed by atoms with E-state index in [0.29, 0.717) is 5.75 Å². The number of fused-ring (bicyclic) bond motifs is 2. The Morgan fingerprint density at radius 2 is 1.56 bits per heavy atom. The maximum atomic E-state index is 12.9. The van der Waals surface area contributed by atoms with Crippen molar-refractivity contribution in [2.24, 2.45) is 0 Å². The highest BCUT2D eigenvalue weighted by atomic mass is 16.5. The first-order chi connectivity index (χ1) is 12.0. The summed E-state index contributed by atoms with van der Waals surface area (Å²) < 4.78 is 6.49. The van der Waals surface area contributed by atoms with Crippen LogP contribution in [0.3, 0.4) is 0 Å². The van der Waals surface area contributed by atoms with E-state index >= 15 is 0 Å². The molecular formula is C19H19NO5. The monoisotopic (exact) mass is 341 g/mol. The zero-order valence-electron chi connectivity index (χ0n) is 13.9. The lowest BCUT2D eigenvalue weighted by atomic mass is 9.86. The summed E-state index contributed by atoms with van der Waals surface area (Å²) >= 11 is 0. The molecule has 2 aliphatic carbocycles. The van der Waals surface area contributed by atoms with Crippen LogP contribution in [0.25, 0.3) is 0 Å². The first-order valence-electron chi connectivity index (χ1n) is 8.48. The van der Waals surface area contributed by atoms with Gasteiger partial charge in [0.25, 0.3) is 0 Å². The fourth-order valence-electron chi connectivity index (χ4n) is 3.99. The average Bonchev–Trinajstić information content (AvgIpc) is 2.91. The Labute approximate surface area is 144 Å². The van der Waals surface area contributed by atoms with E-state index in [1.54, 1.807) is 6.07 Å². The van der Waals surface area contributed by atoms with E-state index in [1.807, 2.05) is 0 Å². The summed E-state index contributed by atoms with van der Waals surface area (Å²) in [6.07, 6.45) is 4.70. The average molecular weight is 341 g/mol. The Bertz CT molecular complexity index is 890. The maximum absolute atomic E-state index is 12.9. The molecule has 0 amide bonds. The Hall–Kier alpha value is -2.76. The maximum Gasteiger partial charge on any atom is 0.206 e. The van der Waals surface area contributed by atoms with Gasteiger partial charge in [0.05, 0.1) is 18.2 Å². The smallest absolute Gasteiger partial charge is 0.206 e. The van der Waals surface area contributed by atoms with Gasteiger partial charge in [0.1, 0.15) is 5.75 Å². The number of hydrogen-bond acceptors (Lipinski definition) is 5. The predicted molar refractivity (Wildman–Crippen MR) is 89.7 cm³/mol. The Kier molecular flexibility index (Phi) is 3.56. The van der Waals surface area contributed by atoms with Gasteiger partial charge in [-0.3, -0.25) is 14.2 Å². The van der Waals surface area contributed by atoms with Crippen LogP contribution < -0.4 is 4.74 Å². The highest BCUT2D eigenvalue weighted by Gasteiger charge is 2.40. The third kappa shape index (κ3) is 2.17. The van der Waals surface area contributed by atoms with Crippen molar-refractivity contribution in [3.63, 3.8) is 0 Å². The molecule has 4 rings (SSSR count).